The fourth-order valence-electron chi connectivity index (χ4n) is 3.97. The molecule has 0 unspecified atom stereocenters. The van der Waals surface area contributed by atoms with Crippen molar-refractivity contribution in [3.05, 3.63) is 126 Å². The molecule has 0 saturated carbocycles. The van der Waals surface area contributed by atoms with E-state index in [1.807, 2.05) is 42.5 Å². The average molecular weight is 414 g/mol. The van der Waals surface area contributed by atoms with Gasteiger partial charge in [-0.3, -0.25) is 0 Å². The van der Waals surface area contributed by atoms with E-state index in [0.717, 1.165) is 21.5 Å². The van der Waals surface area contributed by atoms with Crippen LogP contribution in [0.15, 0.2) is 115 Å². The van der Waals surface area contributed by atoms with E-state index in [2.05, 4.69) is 78.9 Å². The van der Waals surface area contributed by atoms with Gasteiger partial charge in [0.2, 0.25) is 0 Å². The number of benzene rings is 4. The minimum atomic E-state index is -3.32. The molecule has 1 nitrogen and oxygen atoms in total. The van der Waals surface area contributed by atoms with Gasteiger partial charge in [-0.25, -0.2) is 0 Å². The maximum atomic E-state index is 9.18. The van der Waals surface area contributed by atoms with E-state index < -0.39 is 5.96 Å². The Morgan fingerprint density at radius 1 is 0.586 bits per heavy atom. The molecule has 0 aliphatic carbocycles. The second-order valence-electron chi connectivity index (χ2n) is 7.16. The van der Waals surface area contributed by atoms with Crippen LogP contribution in [-0.2, 0) is 6.16 Å². The van der Waals surface area contributed by atoms with Crippen LogP contribution in [0.4, 0.5) is 0 Å². The second kappa shape index (κ2) is 7.84. The fraction of sp³-hybridized carbons (Fsp3) is 0.0385. The van der Waals surface area contributed by atoms with E-state index >= 15 is 0 Å². The maximum absolute atomic E-state index is 9.18. The number of halogens is 1. The molecule has 0 bridgehead atoms. The van der Waals surface area contributed by atoms with E-state index in [1.165, 1.54) is 0 Å². The van der Waals surface area contributed by atoms with Crippen LogP contribution in [0.3, 0.4) is 0 Å². The first-order chi connectivity index (χ1) is 14.1. The van der Waals surface area contributed by atoms with Gasteiger partial charge in [-0.15, -0.1) is 0 Å². The second-order valence-corrected chi connectivity index (χ2v) is 13.6. The summed E-state index contributed by atoms with van der Waals surface area (Å²) < 4.78 is 0. The first-order valence-corrected chi connectivity index (χ1v) is 12.9. The molecule has 4 aromatic carbocycles. The summed E-state index contributed by atoms with van der Waals surface area (Å²) in [4.78, 5) is 0. The number of nitrogens with zero attached hydrogens (tertiary/aromatic N) is 1. The summed E-state index contributed by atoms with van der Waals surface area (Å²) in [5.41, 5.74) is 1.77. The Balaban J connectivity index is 2.05. The van der Waals surface area contributed by atoms with Crippen LogP contribution in [0.2, 0.25) is 0 Å². The molecule has 0 amide bonds. The van der Waals surface area contributed by atoms with Gasteiger partial charge in [-0.05, 0) is 0 Å². The van der Waals surface area contributed by atoms with Gasteiger partial charge in [0.1, 0.15) is 0 Å². The molecular weight excluding hydrogens is 393 g/mol. The summed E-state index contributed by atoms with van der Waals surface area (Å²) in [6.45, 7) is 0. The first kappa shape index (κ1) is 19.4. The fourth-order valence-corrected chi connectivity index (χ4v) is 10.1. The van der Waals surface area contributed by atoms with Crippen LogP contribution in [0.5, 0.6) is 0 Å². The van der Waals surface area contributed by atoms with Crippen LogP contribution in [0.1, 0.15) is 11.1 Å². The zero-order chi connectivity index (χ0) is 20.2. The van der Waals surface area contributed by atoms with Crippen molar-refractivity contribution in [3.8, 4) is 6.07 Å². The average Bonchev–Trinajstić information content (AvgIpc) is 2.81. The van der Waals surface area contributed by atoms with Crippen LogP contribution in [0, 0.1) is 11.3 Å². The van der Waals surface area contributed by atoms with Gasteiger partial charge in [0.15, 0.2) is 0 Å². The molecular formula is C26H21ClNP. The molecule has 0 fully saturated rings. The van der Waals surface area contributed by atoms with Crippen molar-refractivity contribution in [1.29, 1.82) is 5.26 Å². The number of rotatable bonds is 5. The van der Waals surface area contributed by atoms with Crippen molar-refractivity contribution in [2.75, 3.05) is 0 Å². The quantitative estimate of drug-likeness (QED) is 0.382. The summed E-state index contributed by atoms with van der Waals surface area (Å²) in [7, 11) is 0. The Morgan fingerprint density at radius 2 is 0.966 bits per heavy atom. The van der Waals surface area contributed by atoms with Crippen molar-refractivity contribution in [2.24, 2.45) is 0 Å². The Hall–Kier alpha value is -2.91. The molecule has 0 saturated heterocycles. The minimum absolute atomic E-state index is 0.655. The third kappa shape index (κ3) is 3.36. The summed E-state index contributed by atoms with van der Waals surface area (Å²) in [6.07, 6.45) is 0.677. The molecule has 0 radical (unpaired) electrons. The molecule has 0 aliphatic heterocycles. The summed E-state index contributed by atoms with van der Waals surface area (Å²) in [5.74, 6) is -3.32. The Morgan fingerprint density at radius 3 is 1.31 bits per heavy atom. The topological polar surface area (TPSA) is 23.8 Å². The molecule has 0 atom stereocenters. The van der Waals surface area contributed by atoms with Crippen LogP contribution in [-0.4, -0.2) is 0 Å². The van der Waals surface area contributed by atoms with Gasteiger partial charge < -0.3 is 0 Å². The molecule has 4 aromatic rings. The molecule has 0 heterocycles. The molecule has 0 aromatic heterocycles. The number of hydrogen-bond acceptors (Lipinski definition) is 1. The van der Waals surface area contributed by atoms with Crippen LogP contribution in [0.25, 0.3) is 0 Å². The van der Waals surface area contributed by atoms with Crippen molar-refractivity contribution >= 4 is 33.1 Å². The van der Waals surface area contributed by atoms with Gasteiger partial charge in [0.05, 0.1) is 0 Å². The SMILES string of the molecule is N#Cc1ccc(CP(Cl)(c2ccccc2)(c2ccccc2)c2ccccc2)cc1. The van der Waals surface area contributed by atoms with Crippen LogP contribution < -0.4 is 15.9 Å². The van der Waals surface area contributed by atoms with E-state index in [-0.39, 0.29) is 0 Å². The Labute approximate surface area is 176 Å². The number of hydrogen-bond donors (Lipinski definition) is 0. The third-order valence-corrected chi connectivity index (χ3v) is 12.6. The monoisotopic (exact) mass is 413 g/mol. The van der Waals surface area contributed by atoms with Crippen molar-refractivity contribution in [2.45, 2.75) is 6.16 Å². The first-order valence-electron chi connectivity index (χ1n) is 9.54. The zero-order valence-electron chi connectivity index (χ0n) is 15.9. The van der Waals surface area contributed by atoms with Crippen LogP contribution >= 0.6 is 17.2 Å². The molecule has 142 valence electrons. The molecule has 0 aliphatic rings. The van der Waals surface area contributed by atoms with E-state index in [0.29, 0.717) is 11.7 Å². The molecule has 29 heavy (non-hydrogen) atoms. The van der Waals surface area contributed by atoms with Gasteiger partial charge in [0, 0.05) is 0 Å². The van der Waals surface area contributed by atoms with Gasteiger partial charge >= 0.3 is 177 Å². The Kier molecular flexibility index (Phi) is 5.25. The van der Waals surface area contributed by atoms with Gasteiger partial charge in [-0.1, -0.05) is 0 Å². The predicted molar refractivity (Wildman–Crippen MR) is 126 cm³/mol. The Bertz CT molecular complexity index is 1030. The molecule has 0 N–H and O–H groups in total. The summed E-state index contributed by atoms with van der Waals surface area (Å²) in [6, 6.07) is 41.3. The summed E-state index contributed by atoms with van der Waals surface area (Å²) >= 11 is 8.05. The van der Waals surface area contributed by atoms with Crippen molar-refractivity contribution < 1.29 is 0 Å². The normalized spacial score (nSPS) is 12.5. The standard InChI is InChI=1S/C26H21ClNP/c27-29(24-10-4-1-5-11-24,25-12-6-2-7-13-25,26-14-8-3-9-15-26)21-23-18-16-22(20-28)17-19-23/h1-19H,21H2. The predicted octanol–water partition coefficient (Wildman–Crippen LogP) is 5.74. The van der Waals surface area contributed by atoms with E-state index in [9.17, 15) is 5.26 Å². The van der Waals surface area contributed by atoms with E-state index in [1.54, 1.807) is 0 Å². The molecule has 4 rings (SSSR count). The summed E-state index contributed by atoms with van der Waals surface area (Å²) in [5, 5.41) is 12.6. The van der Waals surface area contributed by atoms with Gasteiger partial charge in [-0.2, -0.15) is 0 Å². The third-order valence-electron chi connectivity index (χ3n) is 5.45. The molecule has 3 heteroatoms. The number of nitriles is 1. The van der Waals surface area contributed by atoms with Crippen molar-refractivity contribution in [1.82, 2.24) is 0 Å². The zero-order valence-corrected chi connectivity index (χ0v) is 17.6. The molecule has 0 spiro atoms. The van der Waals surface area contributed by atoms with Gasteiger partial charge in [0.25, 0.3) is 0 Å². The van der Waals surface area contributed by atoms with E-state index in [4.69, 9.17) is 11.2 Å². The van der Waals surface area contributed by atoms with Crippen molar-refractivity contribution in [3.63, 3.8) is 0 Å².